The average molecular weight is 408 g/mol. The highest BCUT2D eigenvalue weighted by atomic mass is 35.5. The van der Waals surface area contributed by atoms with E-state index in [0.717, 1.165) is 22.4 Å². The average Bonchev–Trinajstić information content (AvgIpc) is 3.16. The molecule has 146 valence electrons. The van der Waals surface area contributed by atoms with Crippen molar-refractivity contribution in [1.29, 1.82) is 0 Å². The number of aryl methyl sites for hydroxylation is 2. The Morgan fingerprint density at radius 2 is 1.62 bits per heavy atom. The second-order valence-corrected chi connectivity index (χ2v) is 7.34. The first-order chi connectivity index (χ1) is 14.0. The lowest BCUT2D eigenvalue weighted by molar-refractivity contribution is 0.494. The first-order valence-electron chi connectivity index (χ1n) is 9.18. The first-order valence-corrected chi connectivity index (χ1v) is 9.56. The predicted octanol–water partition coefficient (Wildman–Crippen LogP) is 6.35. The summed E-state index contributed by atoms with van der Waals surface area (Å²) in [5, 5.41) is 12.4. The van der Waals surface area contributed by atoms with Gasteiger partial charge in [-0.25, -0.2) is 4.39 Å². The van der Waals surface area contributed by atoms with Crippen LogP contribution in [0.25, 0.3) is 11.5 Å². The molecule has 4 aromatic rings. The van der Waals surface area contributed by atoms with Crippen LogP contribution in [0.15, 0.2) is 71.1 Å². The lowest BCUT2D eigenvalue weighted by Gasteiger charge is -2.18. The largest absolute Gasteiger partial charge is 0.418 e. The second-order valence-electron chi connectivity index (χ2n) is 6.93. The van der Waals surface area contributed by atoms with Crippen LogP contribution in [0.3, 0.4) is 0 Å². The van der Waals surface area contributed by atoms with Crippen molar-refractivity contribution in [2.75, 3.05) is 5.32 Å². The first kappa shape index (κ1) is 19.2. The van der Waals surface area contributed by atoms with Gasteiger partial charge >= 0.3 is 0 Å². The van der Waals surface area contributed by atoms with E-state index in [9.17, 15) is 4.39 Å². The molecule has 3 aromatic carbocycles. The number of benzene rings is 3. The lowest BCUT2D eigenvalue weighted by Crippen LogP contribution is -2.13. The molecule has 1 atom stereocenters. The van der Waals surface area contributed by atoms with E-state index in [1.807, 2.05) is 44.2 Å². The normalized spacial score (nSPS) is 12.0. The van der Waals surface area contributed by atoms with Crippen LogP contribution < -0.4 is 5.32 Å². The van der Waals surface area contributed by atoms with Crippen LogP contribution in [-0.2, 0) is 0 Å². The highest BCUT2D eigenvalue weighted by Gasteiger charge is 2.22. The maximum Gasteiger partial charge on any atom is 0.249 e. The van der Waals surface area contributed by atoms with Crippen LogP contribution in [0, 0.1) is 19.7 Å². The maximum absolute atomic E-state index is 13.5. The van der Waals surface area contributed by atoms with E-state index in [0.29, 0.717) is 22.4 Å². The molecular weight excluding hydrogens is 389 g/mol. The molecular formula is C23H19ClFN3O. The molecule has 4 rings (SSSR count). The zero-order chi connectivity index (χ0) is 20.4. The van der Waals surface area contributed by atoms with Gasteiger partial charge in [0, 0.05) is 5.69 Å². The highest BCUT2D eigenvalue weighted by molar-refractivity contribution is 6.33. The topological polar surface area (TPSA) is 51.0 Å². The fraction of sp³-hybridized carbons (Fsp3) is 0.130. The molecule has 6 heteroatoms. The number of hydrogen-bond donors (Lipinski definition) is 1. The molecule has 29 heavy (non-hydrogen) atoms. The Balaban J connectivity index is 1.74. The predicted molar refractivity (Wildman–Crippen MR) is 113 cm³/mol. The molecule has 0 spiro atoms. The van der Waals surface area contributed by atoms with Crippen molar-refractivity contribution in [1.82, 2.24) is 10.2 Å². The molecule has 0 amide bonds. The molecule has 1 heterocycles. The van der Waals surface area contributed by atoms with Gasteiger partial charge in [-0.05, 0) is 66.9 Å². The molecule has 0 aliphatic carbocycles. The summed E-state index contributed by atoms with van der Waals surface area (Å²) in [6.07, 6.45) is 0. The Morgan fingerprint density at radius 1 is 0.931 bits per heavy atom. The number of anilines is 1. The lowest BCUT2D eigenvalue weighted by atomic mass is 10.1. The van der Waals surface area contributed by atoms with Crippen molar-refractivity contribution in [3.8, 4) is 11.5 Å². The number of aromatic nitrogens is 2. The summed E-state index contributed by atoms with van der Waals surface area (Å²) in [5.74, 6) is 0.395. The van der Waals surface area contributed by atoms with Crippen LogP contribution in [0.2, 0.25) is 5.02 Å². The summed E-state index contributed by atoms with van der Waals surface area (Å²) in [4.78, 5) is 0. The Kier molecular flexibility index (Phi) is 5.32. The summed E-state index contributed by atoms with van der Waals surface area (Å²) < 4.78 is 19.4. The van der Waals surface area contributed by atoms with Crippen molar-refractivity contribution in [3.05, 3.63) is 100 Å². The minimum absolute atomic E-state index is 0.304. The van der Waals surface area contributed by atoms with Gasteiger partial charge in [0.15, 0.2) is 0 Å². The fourth-order valence-electron chi connectivity index (χ4n) is 3.26. The van der Waals surface area contributed by atoms with Gasteiger partial charge in [-0.3, -0.25) is 0 Å². The van der Waals surface area contributed by atoms with Gasteiger partial charge in [0.25, 0.3) is 0 Å². The van der Waals surface area contributed by atoms with Crippen LogP contribution in [0.5, 0.6) is 0 Å². The summed E-state index contributed by atoms with van der Waals surface area (Å²) in [6.45, 7) is 4.07. The van der Waals surface area contributed by atoms with E-state index >= 15 is 0 Å². The van der Waals surface area contributed by atoms with Gasteiger partial charge in [0.1, 0.15) is 11.9 Å². The fourth-order valence-corrected chi connectivity index (χ4v) is 3.48. The number of nitrogens with zero attached hydrogens (tertiary/aromatic N) is 2. The SMILES string of the molecule is Cc1cc(C)cc(N[C@H](c2ccc(F)cc2)c2nnc(-c3ccccc3Cl)o2)c1. The number of rotatable bonds is 5. The molecule has 0 fully saturated rings. The number of nitrogens with one attached hydrogen (secondary N) is 1. The zero-order valence-electron chi connectivity index (χ0n) is 16.0. The Morgan fingerprint density at radius 3 is 2.31 bits per heavy atom. The van der Waals surface area contributed by atoms with Crippen molar-refractivity contribution in [3.63, 3.8) is 0 Å². The number of hydrogen-bond acceptors (Lipinski definition) is 4. The smallest absolute Gasteiger partial charge is 0.249 e. The molecule has 0 aliphatic rings. The monoisotopic (exact) mass is 407 g/mol. The van der Waals surface area contributed by atoms with E-state index in [4.69, 9.17) is 16.0 Å². The molecule has 0 radical (unpaired) electrons. The minimum atomic E-state index is -0.444. The van der Waals surface area contributed by atoms with E-state index < -0.39 is 6.04 Å². The van der Waals surface area contributed by atoms with Crippen molar-refractivity contribution in [2.45, 2.75) is 19.9 Å². The van der Waals surface area contributed by atoms with Crippen molar-refractivity contribution in [2.24, 2.45) is 0 Å². The molecule has 1 N–H and O–H groups in total. The van der Waals surface area contributed by atoms with E-state index in [1.54, 1.807) is 18.2 Å². The van der Waals surface area contributed by atoms with Crippen molar-refractivity contribution >= 4 is 17.3 Å². The molecule has 0 saturated heterocycles. The molecule has 1 aromatic heterocycles. The van der Waals surface area contributed by atoms with Crippen LogP contribution >= 0.6 is 11.6 Å². The summed E-state index contributed by atoms with van der Waals surface area (Å²) in [5.41, 5.74) is 4.65. The summed E-state index contributed by atoms with van der Waals surface area (Å²) >= 11 is 6.26. The van der Waals surface area contributed by atoms with Crippen molar-refractivity contribution < 1.29 is 8.81 Å². The quantitative estimate of drug-likeness (QED) is 0.419. The van der Waals surface area contributed by atoms with Gasteiger partial charge in [-0.1, -0.05) is 41.9 Å². The number of halogens is 2. The molecule has 4 nitrogen and oxygen atoms in total. The minimum Gasteiger partial charge on any atom is -0.418 e. The third kappa shape index (κ3) is 4.30. The van der Waals surface area contributed by atoms with E-state index in [-0.39, 0.29) is 5.82 Å². The Labute approximate surface area is 173 Å². The van der Waals surface area contributed by atoms with E-state index in [1.165, 1.54) is 12.1 Å². The van der Waals surface area contributed by atoms with Gasteiger partial charge in [-0.15, -0.1) is 10.2 Å². The molecule has 0 saturated carbocycles. The molecule has 0 unspecified atom stereocenters. The third-order valence-corrected chi connectivity index (χ3v) is 4.86. The zero-order valence-corrected chi connectivity index (χ0v) is 16.7. The highest BCUT2D eigenvalue weighted by Crippen LogP contribution is 2.31. The second kappa shape index (κ2) is 8.05. The molecule has 0 aliphatic heterocycles. The van der Waals surface area contributed by atoms with Gasteiger partial charge in [-0.2, -0.15) is 0 Å². The summed E-state index contributed by atoms with van der Waals surface area (Å²) in [7, 11) is 0. The molecule has 0 bridgehead atoms. The maximum atomic E-state index is 13.5. The Bertz CT molecular complexity index is 1120. The van der Waals surface area contributed by atoms with Crippen LogP contribution in [-0.4, -0.2) is 10.2 Å². The standard InChI is InChI=1S/C23H19ClFN3O/c1-14-11-15(2)13-18(12-14)26-21(16-7-9-17(25)10-8-16)23-28-27-22(29-23)19-5-3-4-6-20(19)24/h3-13,21,26H,1-2H3/t21-/m1/s1. The van der Waals surface area contributed by atoms with Crippen LogP contribution in [0.4, 0.5) is 10.1 Å². The van der Waals surface area contributed by atoms with E-state index in [2.05, 4.69) is 21.6 Å². The third-order valence-electron chi connectivity index (χ3n) is 4.53. The van der Waals surface area contributed by atoms with Gasteiger partial charge in [0.2, 0.25) is 11.8 Å². The Hall–Kier alpha value is -3.18. The van der Waals surface area contributed by atoms with Gasteiger partial charge < -0.3 is 9.73 Å². The van der Waals surface area contributed by atoms with Crippen LogP contribution in [0.1, 0.15) is 28.6 Å². The van der Waals surface area contributed by atoms with Gasteiger partial charge in [0.05, 0.1) is 10.6 Å². The summed E-state index contributed by atoms with van der Waals surface area (Å²) in [6, 6.07) is 19.3.